The van der Waals surface area contributed by atoms with Gasteiger partial charge in [0.2, 0.25) is 0 Å². The lowest BCUT2D eigenvalue weighted by Crippen LogP contribution is -2.45. The molecule has 2 N–H and O–H groups in total. The summed E-state index contributed by atoms with van der Waals surface area (Å²) >= 11 is 6.17. The minimum absolute atomic E-state index is 0.144. The van der Waals surface area contributed by atoms with Crippen LogP contribution in [0.5, 0.6) is 5.75 Å². The Balaban J connectivity index is 1.71. The highest BCUT2D eigenvalue weighted by atomic mass is 32.2. The van der Waals surface area contributed by atoms with Crippen LogP contribution in [0.4, 0.5) is 11.4 Å². The first-order valence-corrected chi connectivity index (χ1v) is 9.17. The number of hydrazine groups is 1. The van der Waals surface area contributed by atoms with Gasteiger partial charge in [0, 0.05) is 29.5 Å². The summed E-state index contributed by atoms with van der Waals surface area (Å²) in [6.07, 6.45) is 1.29. The molecule has 1 aliphatic rings. The van der Waals surface area contributed by atoms with E-state index < -0.39 is 10.8 Å². The van der Waals surface area contributed by atoms with Gasteiger partial charge in [0.05, 0.1) is 16.4 Å². The van der Waals surface area contributed by atoms with E-state index >= 15 is 0 Å². The normalized spacial score (nSPS) is 13.9. The molecule has 0 aliphatic carbocycles. The molecule has 1 aliphatic heterocycles. The van der Waals surface area contributed by atoms with Crippen LogP contribution in [0.25, 0.3) is 0 Å². The van der Waals surface area contributed by atoms with Gasteiger partial charge < -0.3 is 5.11 Å². The van der Waals surface area contributed by atoms with E-state index in [0.717, 1.165) is 5.01 Å². The van der Waals surface area contributed by atoms with E-state index in [0.29, 0.717) is 11.3 Å². The summed E-state index contributed by atoms with van der Waals surface area (Å²) in [5, 5.41) is 21.6. The summed E-state index contributed by atoms with van der Waals surface area (Å²) < 4.78 is 0.288. The van der Waals surface area contributed by atoms with Crippen molar-refractivity contribution in [3.8, 4) is 5.75 Å². The van der Waals surface area contributed by atoms with Crippen LogP contribution < -0.4 is 5.43 Å². The molecule has 11 heteroatoms. The van der Waals surface area contributed by atoms with Crippen LogP contribution in [0.1, 0.15) is 15.9 Å². The number of thioether (sulfide) groups is 1. The molecule has 142 valence electrons. The number of benzene rings is 2. The van der Waals surface area contributed by atoms with Crippen LogP contribution in [0.2, 0.25) is 0 Å². The lowest BCUT2D eigenvalue weighted by Gasteiger charge is -2.15. The molecular formula is C17H12N4O5S2. The second-order valence-electron chi connectivity index (χ2n) is 5.53. The van der Waals surface area contributed by atoms with Crippen LogP contribution in [0.3, 0.4) is 0 Å². The maximum atomic E-state index is 12.2. The van der Waals surface area contributed by atoms with Gasteiger partial charge in [0.25, 0.3) is 17.5 Å². The fraction of sp³-hybridized carbons (Fsp3) is 0.0588. The Morgan fingerprint density at radius 1 is 1.32 bits per heavy atom. The first-order valence-electron chi connectivity index (χ1n) is 7.77. The Labute approximate surface area is 168 Å². The monoisotopic (exact) mass is 416 g/mol. The molecule has 28 heavy (non-hydrogen) atoms. The number of nitro benzene ring substituents is 1. The van der Waals surface area contributed by atoms with Crippen molar-refractivity contribution >= 4 is 57.7 Å². The number of hydrogen-bond donors (Lipinski definition) is 2. The number of phenols is 1. The van der Waals surface area contributed by atoms with Crippen LogP contribution >= 0.6 is 24.0 Å². The van der Waals surface area contributed by atoms with Gasteiger partial charge in [-0.05, 0) is 30.3 Å². The number of nitro groups is 1. The maximum absolute atomic E-state index is 12.2. The van der Waals surface area contributed by atoms with Gasteiger partial charge in [-0.25, -0.2) is 5.01 Å². The number of carbonyl (C=O) groups is 2. The average Bonchev–Trinajstić information content (AvgIpc) is 2.99. The predicted molar refractivity (Wildman–Crippen MR) is 108 cm³/mol. The zero-order valence-electron chi connectivity index (χ0n) is 14.1. The highest BCUT2D eigenvalue weighted by Crippen LogP contribution is 2.23. The third-order valence-electron chi connectivity index (χ3n) is 3.67. The highest BCUT2D eigenvalue weighted by Gasteiger charge is 2.28. The Bertz CT molecular complexity index is 991. The van der Waals surface area contributed by atoms with Crippen LogP contribution in [0, 0.1) is 10.1 Å². The van der Waals surface area contributed by atoms with Gasteiger partial charge in [-0.3, -0.25) is 30.1 Å². The van der Waals surface area contributed by atoms with Crippen LogP contribution in [-0.4, -0.2) is 43.1 Å². The summed E-state index contributed by atoms with van der Waals surface area (Å²) in [7, 11) is 0. The molecule has 2 aromatic carbocycles. The zero-order valence-corrected chi connectivity index (χ0v) is 15.7. The Kier molecular flexibility index (Phi) is 5.66. The zero-order chi connectivity index (χ0) is 20.3. The number of hydrogen-bond acceptors (Lipinski definition) is 8. The van der Waals surface area contributed by atoms with E-state index in [9.17, 15) is 24.8 Å². The lowest BCUT2D eigenvalue weighted by molar-refractivity contribution is -0.384. The van der Waals surface area contributed by atoms with Crippen molar-refractivity contribution in [2.45, 2.75) is 0 Å². The molecule has 0 bridgehead atoms. The molecule has 0 aromatic heterocycles. The summed E-state index contributed by atoms with van der Waals surface area (Å²) in [5.41, 5.74) is 3.23. The standard InChI is InChI=1S/C17H12N4O5S2/c22-14-6-5-13(21(25)26)7-11(14)8-18-12-3-1-10(2-4-12)16(24)19-20-15(23)9-28-17(20)27/h1-8,22H,9H2,(H,19,24). The number of phenolic OH excluding ortho intramolecular Hbond substituents is 1. The molecule has 0 spiro atoms. The molecule has 1 heterocycles. The lowest BCUT2D eigenvalue weighted by atomic mass is 10.2. The highest BCUT2D eigenvalue weighted by molar-refractivity contribution is 8.23. The summed E-state index contributed by atoms with van der Waals surface area (Å²) in [6, 6.07) is 9.73. The molecular weight excluding hydrogens is 404 g/mol. The number of aliphatic imine (C=N–C) groups is 1. The number of thiocarbonyl (C=S) groups is 1. The van der Waals surface area contributed by atoms with E-state index in [-0.39, 0.29) is 33.0 Å². The second-order valence-corrected chi connectivity index (χ2v) is 7.14. The Morgan fingerprint density at radius 2 is 2.04 bits per heavy atom. The molecule has 3 rings (SSSR count). The van der Waals surface area contributed by atoms with Gasteiger partial charge in [0.1, 0.15) is 5.75 Å². The minimum Gasteiger partial charge on any atom is -0.507 e. The number of amides is 2. The van der Waals surface area contributed by atoms with Crippen molar-refractivity contribution in [1.29, 1.82) is 0 Å². The molecule has 1 saturated heterocycles. The fourth-order valence-electron chi connectivity index (χ4n) is 2.23. The first kappa shape index (κ1) is 19.5. The molecule has 0 radical (unpaired) electrons. The average molecular weight is 416 g/mol. The molecule has 0 saturated carbocycles. The Morgan fingerprint density at radius 3 is 2.64 bits per heavy atom. The number of rotatable bonds is 5. The van der Waals surface area contributed by atoms with E-state index in [2.05, 4.69) is 10.4 Å². The van der Waals surface area contributed by atoms with E-state index in [4.69, 9.17) is 12.2 Å². The van der Waals surface area contributed by atoms with Gasteiger partial charge in [0.15, 0.2) is 4.32 Å². The van der Waals surface area contributed by atoms with Crippen molar-refractivity contribution in [2.75, 3.05) is 5.75 Å². The first-order chi connectivity index (χ1) is 13.3. The predicted octanol–water partition coefficient (Wildman–Crippen LogP) is 2.56. The second kappa shape index (κ2) is 8.15. The van der Waals surface area contributed by atoms with Gasteiger partial charge in [-0.2, -0.15) is 0 Å². The van der Waals surface area contributed by atoms with Crippen molar-refractivity contribution in [3.63, 3.8) is 0 Å². The van der Waals surface area contributed by atoms with Crippen LogP contribution in [0.15, 0.2) is 47.5 Å². The molecule has 0 atom stereocenters. The SMILES string of the molecule is O=C(NN1C(=O)CSC1=S)c1ccc(N=Cc2cc([N+](=O)[O-])ccc2O)cc1. The van der Waals surface area contributed by atoms with Gasteiger partial charge >= 0.3 is 0 Å². The third kappa shape index (κ3) is 4.32. The largest absolute Gasteiger partial charge is 0.507 e. The summed E-state index contributed by atoms with van der Waals surface area (Å²) in [5.74, 6) is -0.738. The third-order valence-corrected chi connectivity index (χ3v) is 5.03. The minimum atomic E-state index is -0.570. The van der Waals surface area contributed by atoms with E-state index in [1.54, 1.807) is 12.1 Å². The summed E-state index contributed by atoms with van der Waals surface area (Å²) in [6.45, 7) is 0. The van der Waals surface area contributed by atoms with Crippen LogP contribution in [-0.2, 0) is 4.79 Å². The van der Waals surface area contributed by atoms with Crippen molar-refractivity contribution < 1.29 is 19.6 Å². The molecule has 9 nitrogen and oxygen atoms in total. The van der Waals surface area contributed by atoms with Crippen molar-refractivity contribution in [1.82, 2.24) is 10.4 Å². The smallest absolute Gasteiger partial charge is 0.270 e. The number of non-ortho nitro benzene ring substituents is 1. The fourth-order valence-corrected chi connectivity index (χ4v) is 3.21. The molecule has 1 fully saturated rings. The molecule has 2 amide bonds. The number of nitrogens with zero attached hydrogens (tertiary/aromatic N) is 3. The van der Waals surface area contributed by atoms with Gasteiger partial charge in [-0.1, -0.05) is 24.0 Å². The quantitative estimate of drug-likeness (QED) is 0.332. The molecule has 2 aromatic rings. The van der Waals surface area contributed by atoms with E-state index in [1.165, 1.54) is 48.3 Å². The summed E-state index contributed by atoms with van der Waals surface area (Å²) in [4.78, 5) is 38.2. The number of nitrogens with one attached hydrogen (secondary N) is 1. The van der Waals surface area contributed by atoms with E-state index in [1.807, 2.05) is 0 Å². The maximum Gasteiger partial charge on any atom is 0.270 e. The molecule has 0 unspecified atom stereocenters. The van der Waals surface area contributed by atoms with Crippen molar-refractivity contribution in [2.24, 2.45) is 4.99 Å². The number of carbonyl (C=O) groups excluding carboxylic acids is 2. The van der Waals surface area contributed by atoms with Gasteiger partial charge in [-0.15, -0.1) is 0 Å². The van der Waals surface area contributed by atoms with Crippen molar-refractivity contribution in [3.05, 3.63) is 63.7 Å². The topological polar surface area (TPSA) is 125 Å². The number of aromatic hydroxyl groups is 1. The Hall–Kier alpha value is -3.31.